The number of benzene rings is 1. The molecular formula is C18H20. The molecule has 0 fully saturated rings. The van der Waals surface area contributed by atoms with E-state index in [-0.39, 0.29) is 0 Å². The van der Waals surface area contributed by atoms with Crippen molar-refractivity contribution in [1.82, 2.24) is 0 Å². The fourth-order valence-corrected chi connectivity index (χ4v) is 2.19. The summed E-state index contributed by atoms with van der Waals surface area (Å²) in [5.74, 6) is 0. The van der Waals surface area contributed by atoms with E-state index >= 15 is 0 Å². The topological polar surface area (TPSA) is 0 Å². The zero-order valence-electron chi connectivity index (χ0n) is 11.4. The molecule has 1 aliphatic carbocycles. The molecule has 1 aromatic rings. The molecule has 1 aromatic carbocycles. The molecule has 0 atom stereocenters. The Balaban J connectivity index is 2.48. The summed E-state index contributed by atoms with van der Waals surface area (Å²) in [6.07, 6.45) is 12.0. The minimum atomic E-state index is 1.02. The van der Waals surface area contributed by atoms with Crippen molar-refractivity contribution in [2.45, 2.75) is 27.2 Å². The molecular weight excluding hydrogens is 216 g/mol. The third kappa shape index (κ3) is 2.89. The maximum atomic E-state index is 2.29. The van der Waals surface area contributed by atoms with E-state index in [1.54, 1.807) is 0 Å². The summed E-state index contributed by atoms with van der Waals surface area (Å²) >= 11 is 0. The summed E-state index contributed by atoms with van der Waals surface area (Å²) in [5.41, 5.74) is 6.78. The zero-order chi connectivity index (χ0) is 13.0. The highest BCUT2D eigenvalue weighted by Crippen LogP contribution is 2.25. The minimum Gasteiger partial charge on any atom is -0.0801 e. The molecule has 1 aliphatic rings. The van der Waals surface area contributed by atoms with Crippen LogP contribution in [0.1, 0.15) is 31.4 Å². The van der Waals surface area contributed by atoms with Crippen molar-refractivity contribution in [1.29, 1.82) is 0 Å². The second-order valence-electron chi connectivity index (χ2n) is 4.93. The second kappa shape index (κ2) is 5.68. The van der Waals surface area contributed by atoms with Gasteiger partial charge in [-0.1, -0.05) is 54.1 Å². The van der Waals surface area contributed by atoms with E-state index in [1.807, 2.05) is 0 Å². The fraction of sp³-hybridized carbons (Fsp3) is 0.222. The van der Waals surface area contributed by atoms with E-state index in [1.165, 1.54) is 27.8 Å². The third-order valence-corrected chi connectivity index (χ3v) is 3.30. The Bertz CT molecular complexity index is 547. The van der Waals surface area contributed by atoms with E-state index in [0.717, 1.165) is 6.42 Å². The Kier molecular flexibility index (Phi) is 3.99. The van der Waals surface area contributed by atoms with Crippen molar-refractivity contribution in [3.8, 4) is 0 Å². The molecule has 2 rings (SSSR count). The van der Waals surface area contributed by atoms with Crippen LogP contribution >= 0.6 is 0 Å². The van der Waals surface area contributed by atoms with Crippen molar-refractivity contribution < 1.29 is 0 Å². The van der Waals surface area contributed by atoms with Gasteiger partial charge in [0.15, 0.2) is 0 Å². The highest BCUT2D eigenvalue weighted by molar-refractivity contribution is 5.65. The standard InChI is InChI=1S/C18H20/c1-14(2)18-12-6-4-5-11-17(18)13-16-10-8-7-9-15(16)3/h4-11,13H,12H2,1-3H3/b17-13-. The van der Waals surface area contributed by atoms with Crippen LogP contribution in [0.3, 0.4) is 0 Å². The molecule has 0 heterocycles. The smallest absolute Gasteiger partial charge is 0.00890 e. The Morgan fingerprint density at radius 2 is 1.89 bits per heavy atom. The van der Waals surface area contributed by atoms with Crippen LogP contribution in [-0.2, 0) is 0 Å². The average Bonchev–Trinajstić information content (AvgIpc) is 2.57. The van der Waals surface area contributed by atoms with Gasteiger partial charge in [-0.2, -0.15) is 0 Å². The molecule has 92 valence electrons. The first kappa shape index (κ1) is 12.6. The van der Waals surface area contributed by atoms with Crippen LogP contribution in [0.25, 0.3) is 6.08 Å². The Labute approximate surface area is 110 Å². The lowest BCUT2D eigenvalue weighted by Gasteiger charge is -2.09. The molecule has 0 saturated carbocycles. The Hall–Kier alpha value is -1.82. The number of hydrogen-bond donors (Lipinski definition) is 0. The average molecular weight is 236 g/mol. The van der Waals surface area contributed by atoms with Crippen molar-refractivity contribution in [2.24, 2.45) is 0 Å². The second-order valence-corrected chi connectivity index (χ2v) is 4.93. The summed E-state index contributed by atoms with van der Waals surface area (Å²) in [7, 11) is 0. The first-order valence-electron chi connectivity index (χ1n) is 6.46. The van der Waals surface area contributed by atoms with Crippen LogP contribution < -0.4 is 0 Å². The third-order valence-electron chi connectivity index (χ3n) is 3.30. The molecule has 0 spiro atoms. The highest BCUT2D eigenvalue weighted by atomic mass is 14.1. The number of aryl methyl sites for hydroxylation is 1. The lowest BCUT2D eigenvalue weighted by molar-refractivity contribution is 1.17. The molecule has 0 unspecified atom stereocenters. The predicted molar refractivity (Wildman–Crippen MR) is 80.4 cm³/mol. The summed E-state index contributed by atoms with van der Waals surface area (Å²) in [5, 5.41) is 0. The van der Waals surface area contributed by atoms with Gasteiger partial charge >= 0.3 is 0 Å². The van der Waals surface area contributed by atoms with Gasteiger partial charge in [-0.3, -0.25) is 0 Å². The molecule has 0 aromatic heterocycles. The van der Waals surface area contributed by atoms with Gasteiger partial charge in [0.25, 0.3) is 0 Å². The molecule has 18 heavy (non-hydrogen) atoms. The van der Waals surface area contributed by atoms with Gasteiger partial charge in [0, 0.05) is 0 Å². The van der Waals surface area contributed by atoms with E-state index < -0.39 is 0 Å². The SMILES string of the molecule is CC(C)=C1CC=CC=C/C1=C/c1ccccc1C. The van der Waals surface area contributed by atoms with Crippen LogP contribution in [0, 0.1) is 6.92 Å². The van der Waals surface area contributed by atoms with Crippen molar-refractivity contribution in [2.75, 3.05) is 0 Å². The fourth-order valence-electron chi connectivity index (χ4n) is 2.19. The summed E-state index contributed by atoms with van der Waals surface area (Å²) in [6, 6.07) is 8.52. The van der Waals surface area contributed by atoms with Crippen LogP contribution in [0.5, 0.6) is 0 Å². The van der Waals surface area contributed by atoms with E-state index in [2.05, 4.69) is 75.4 Å². The Morgan fingerprint density at radius 1 is 1.11 bits per heavy atom. The van der Waals surface area contributed by atoms with Crippen molar-refractivity contribution >= 4 is 6.08 Å². The van der Waals surface area contributed by atoms with Gasteiger partial charge in [0.2, 0.25) is 0 Å². The lowest BCUT2D eigenvalue weighted by Crippen LogP contribution is -1.90. The monoisotopic (exact) mass is 236 g/mol. The van der Waals surface area contributed by atoms with E-state index in [9.17, 15) is 0 Å². The van der Waals surface area contributed by atoms with Gasteiger partial charge < -0.3 is 0 Å². The van der Waals surface area contributed by atoms with Gasteiger partial charge in [0.1, 0.15) is 0 Å². The molecule has 0 radical (unpaired) electrons. The van der Waals surface area contributed by atoms with Gasteiger partial charge in [0.05, 0.1) is 0 Å². The normalized spacial score (nSPS) is 17.1. The van der Waals surface area contributed by atoms with Crippen LogP contribution in [0.15, 0.2) is 65.3 Å². The molecule has 0 bridgehead atoms. The van der Waals surface area contributed by atoms with Crippen LogP contribution in [0.2, 0.25) is 0 Å². The first-order valence-corrected chi connectivity index (χ1v) is 6.46. The maximum absolute atomic E-state index is 2.29. The van der Waals surface area contributed by atoms with Crippen LogP contribution in [-0.4, -0.2) is 0 Å². The quantitative estimate of drug-likeness (QED) is 0.626. The minimum absolute atomic E-state index is 1.02. The molecule has 0 heteroatoms. The van der Waals surface area contributed by atoms with Crippen LogP contribution in [0.4, 0.5) is 0 Å². The molecule has 0 nitrogen and oxygen atoms in total. The summed E-state index contributed by atoms with van der Waals surface area (Å²) in [6.45, 7) is 6.54. The van der Waals surface area contributed by atoms with Crippen molar-refractivity contribution in [3.63, 3.8) is 0 Å². The number of hydrogen-bond acceptors (Lipinski definition) is 0. The molecule has 0 N–H and O–H groups in total. The predicted octanol–water partition coefficient (Wildman–Crippen LogP) is 5.23. The molecule has 0 saturated heterocycles. The lowest BCUT2D eigenvalue weighted by atomic mass is 9.96. The molecule has 0 aliphatic heterocycles. The van der Waals surface area contributed by atoms with Gasteiger partial charge in [-0.05, 0) is 55.5 Å². The summed E-state index contributed by atoms with van der Waals surface area (Å²) in [4.78, 5) is 0. The van der Waals surface area contributed by atoms with E-state index in [0.29, 0.717) is 0 Å². The molecule has 0 amide bonds. The van der Waals surface area contributed by atoms with Crippen molar-refractivity contribution in [3.05, 3.63) is 76.4 Å². The highest BCUT2D eigenvalue weighted by Gasteiger charge is 2.05. The zero-order valence-corrected chi connectivity index (χ0v) is 11.4. The number of rotatable bonds is 1. The van der Waals surface area contributed by atoms with E-state index in [4.69, 9.17) is 0 Å². The van der Waals surface area contributed by atoms with Gasteiger partial charge in [-0.25, -0.2) is 0 Å². The number of allylic oxidation sites excluding steroid dienone is 7. The first-order chi connectivity index (χ1) is 8.68. The van der Waals surface area contributed by atoms with Gasteiger partial charge in [-0.15, -0.1) is 0 Å². The Morgan fingerprint density at radius 3 is 2.61 bits per heavy atom. The maximum Gasteiger partial charge on any atom is -0.00890 e. The largest absolute Gasteiger partial charge is 0.0801 e. The summed E-state index contributed by atoms with van der Waals surface area (Å²) < 4.78 is 0.